The normalized spacial score (nSPS) is 42.6. The van der Waals surface area contributed by atoms with Gasteiger partial charge in [0.1, 0.15) is 12.1 Å². The summed E-state index contributed by atoms with van der Waals surface area (Å²) < 4.78 is 45.7. The van der Waals surface area contributed by atoms with E-state index >= 15 is 0 Å². The Bertz CT molecular complexity index is 603. The topological polar surface area (TPSA) is 82.0 Å². The van der Waals surface area contributed by atoms with Crippen LogP contribution in [0.4, 0.5) is 13.2 Å². The first kappa shape index (κ1) is 22.8. The number of fused-ring (bicyclic) bond motifs is 2. The number of nitrogens with one attached hydrogen (secondary N) is 1. The second-order valence-corrected chi connectivity index (χ2v) is 10.6. The molecule has 30 heavy (non-hydrogen) atoms. The number of halogens is 3. The molecule has 4 aliphatic rings. The van der Waals surface area contributed by atoms with Crippen molar-refractivity contribution in [2.24, 2.45) is 11.8 Å². The number of aliphatic hydroxyl groups excluding tert-OH is 1. The average Bonchev–Trinajstić information content (AvgIpc) is 3.37. The Kier molecular flexibility index (Phi) is 7.01. The number of rotatable bonds is 6. The molecule has 6 nitrogen and oxygen atoms in total. The molecular weight excluding hydrogens is 421 g/mol. The van der Waals surface area contributed by atoms with E-state index in [0.29, 0.717) is 24.7 Å². The zero-order valence-corrected chi connectivity index (χ0v) is 17.7. The third-order valence-corrected chi connectivity index (χ3v) is 8.62. The molecule has 4 rings (SSSR count). The zero-order chi connectivity index (χ0) is 21.5. The fraction of sp³-hybridized carbons (Fsp3) is 0.950. The number of carbonyl (C=O) groups excluding carboxylic acids is 1. The molecule has 8 unspecified atom stereocenters. The Morgan fingerprint density at radius 2 is 1.97 bits per heavy atom. The van der Waals surface area contributed by atoms with E-state index in [-0.39, 0.29) is 37.2 Å². The van der Waals surface area contributed by atoms with E-state index in [1.54, 1.807) is 11.8 Å². The number of ether oxygens (including phenoxy) is 1. The summed E-state index contributed by atoms with van der Waals surface area (Å²) in [5.41, 5.74) is 0. The lowest BCUT2D eigenvalue weighted by Gasteiger charge is -2.43. The van der Waals surface area contributed by atoms with Gasteiger partial charge in [0, 0.05) is 23.3 Å². The van der Waals surface area contributed by atoms with Crippen LogP contribution in [0.25, 0.3) is 0 Å². The molecule has 4 fully saturated rings. The van der Waals surface area contributed by atoms with Gasteiger partial charge in [-0.3, -0.25) is 4.79 Å². The molecule has 3 saturated heterocycles. The van der Waals surface area contributed by atoms with Crippen molar-refractivity contribution in [3.8, 4) is 0 Å². The van der Waals surface area contributed by atoms with Crippen LogP contribution in [-0.2, 0) is 9.53 Å². The van der Waals surface area contributed by atoms with Gasteiger partial charge in [-0.15, -0.1) is 0 Å². The quantitative estimate of drug-likeness (QED) is 0.571. The molecule has 3 aliphatic heterocycles. The van der Waals surface area contributed by atoms with E-state index in [0.717, 1.165) is 30.1 Å². The van der Waals surface area contributed by atoms with Crippen LogP contribution in [0.15, 0.2) is 0 Å². The summed E-state index contributed by atoms with van der Waals surface area (Å²) in [5.74, 6) is -0.0765. The van der Waals surface area contributed by atoms with Crippen LogP contribution in [0, 0.1) is 11.8 Å². The molecule has 0 aromatic rings. The number of hydroxylamine groups is 2. The predicted molar refractivity (Wildman–Crippen MR) is 105 cm³/mol. The molecule has 0 aromatic heterocycles. The lowest BCUT2D eigenvalue weighted by atomic mass is 9.78. The SMILES string of the molecule is O=C(C1CCC(C(F)(F)F)NC1COCC1CCCS1)C1C(O)C2CCC(C2)N1O. The maximum absolute atomic E-state index is 13.3. The molecule has 2 bridgehead atoms. The van der Waals surface area contributed by atoms with Crippen LogP contribution >= 0.6 is 11.8 Å². The molecule has 1 aliphatic carbocycles. The number of piperidine rings is 2. The standard InChI is InChI=1S/C20H31F3N2O4S/c21-20(22,23)16-6-5-14(15(24-16)10-29-9-13-2-1-7-30-13)19(27)17-18(26)11-3-4-12(8-11)25(17)28/h11-18,24,26,28H,1-10H2. The summed E-state index contributed by atoms with van der Waals surface area (Å²) in [5, 5.41) is 25.1. The van der Waals surface area contributed by atoms with E-state index in [1.807, 2.05) is 0 Å². The smallest absolute Gasteiger partial charge is 0.391 e. The van der Waals surface area contributed by atoms with Crippen molar-refractivity contribution in [2.45, 2.75) is 86.6 Å². The summed E-state index contributed by atoms with van der Waals surface area (Å²) in [6.07, 6.45) is -1.25. The maximum atomic E-state index is 13.3. The van der Waals surface area contributed by atoms with Gasteiger partial charge < -0.3 is 20.4 Å². The summed E-state index contributed by atoms with van der Waals surface area (Å²) in [6, 6.07) is -3.70. The van der Waals surface area contributed by atoms with Crippen LogP contribution in [0.2, 0.25) is 0 Å². The van der Waals surface area contributed by atoms with Crippen molar-refractivity contribution in [3.05, 3.63) is 0 Å². The largest absolute Gasteiger partial charge is 0.403 e. The summed E-state index contributed by atoms with van der Waals surface area (Å²) in [6.45, 7) is 0.476. The zero-order valence-electron chi connectivity index (χ0n) is 16.9. The van der Waals surface area contributed by atoms with Crippen LogP contribution in [0.5, 0.6) is 0 Å². The minimum Gasteiger partial charge on any atom is -0.391 e. The highest BCUT2D eigenvalue weighted by Gasteiger charge is 2.53. The molecule has 8 atom stereocenters. The molecule has 10 heteroatoms. The number of ketones is 1. The summed E-state index contributed by atoms with van der Waals surface area (Å²) in [4.78, 5) is 13.3. The summed E-state index contributed by atoms with van der Waals surface area (Å²) in [7, 11) is 0. The molecule has 0 spiro atoms. The minimum absolute atomic E-state index is 0.0150. The van der Waals surface area contributed by atoms with Gasteiger partial charge in [-0.05, 0) is 56.6 Å². The summed E-state index contributed by atoms with van der Waals surface area (Å²) >= 11 is 1.81. The third-order valence-electron chi connectivity index (χ3n) is 7.26. The number of nitrogens with zero attached hydrogens (tertiary/aromatic N) is 1. The number of carbonyl (C=O) groups is 1. The van der Waals surface area contributed by atoms with E-state index in [1.165, 1.54) is 0 Å². The van der Waals surface area contributed by atoms with Crippen LogP contribution in [0.3, 0.4) is 0 Å². The van der Waals surface area contributed by atoms with Gasteiger partial charge >= 0.3 is 6.18 Å². The Balaban J connectivity index is 1.45. The van der Waals surface area contributed by atoms with Gasteiger partial charge in [0.05, 0.1) is 19.3 Å². The first-order chi connectivity index (χ1) is 14.3. The molecule has 3 heterocycles. The van der Waals surface area contributed by atoms with Crippen LogP contribution in [-0.4, -0.2) is 81.8 Å². The van der Waals surface area contributed by atoms with Crippen molar-refractivity contribution in [1.82, 2.24) is 10.4 Å². The van der Waals surface area contributed by atoms with Crippen LogP contribution in [0.1, 0.15) is 44.9 Å². The number of aliphatic hydroxyl groups is 1. The van der Waals surface area contributed by atoms with E-state index in [4.69, 9.17) is 4.74 Å². The highest BCUT2D eigenvalue weighted by Crippen LogP contribution is 2.41. The lowest BCUT2D eigenvalue weighted by molar-refractivity contribution is -0.209. The first-order valence-electron chi connectivity index (χ1n) is 11.0. The lowest BCUT2D eigenvalue weighted by Crippen LogP contribution is -2.63. The molecule has 172 valence electrons. The molecular formula is C20H31F3N2O4S. The molecule has 0 aromatic carbocycles. The monoisotopic (exact) mass is 452 g/mol. The van der Waals surface area contributed by atoms with Gasteiger partial charge in [0.15, 0.2) is 5.78 Å². The minimum atomic E-state index is -4.39. The molecule has 0 radical (unpaired) electrons. The molecule has 3 N–H and O–H groups in total. The number of Topliss-reactive ketones (excluding diaryl/α,β-unsaturated/α-hetero) is 1. The van der Waals surface area contributed by atoms with Crippen molar-refractivity contribution in [3.63, 3.8) is 0 Å². The van der Waals surface area contributed by atoms with Gasteiger partial charge in [-0.2, -0.15) is 30.0 Å². The van der Waals surface area contributed by atoms with Crippen molar-refractivity contribution < 1.29 is 33.0 Å². The van der Waals surface area contributed by atoms with E-state index in [2.05, 4.69) is 5.32 Å². The predicted octanol–water partition coefficient (Wildman–Crippen LogP) is 2.37. The highest BCUT2D eigenvalue weighted by atomic mass is 32.2. The molecule has 1 saturated carbocycles. The number of thioether (sulfide) groups is 1. The third kappa shape index (κ3) is 4.68. The maximum Gasteiger partial charge on any atom is 0.403 e. The Morgan fingerprint density at radius 1 is 1.17 bits per heavy atom. The van der Waals surface area contributed by atoms with Gasteiger partial charge in [0.2, 0.25) is 0 Å². The number of alkyl halides is 3. The van der Waals surface area contributed by atoms with Crippen LogP contribution < -0.4 is 5.32 Å². The Morgan fingerprint density at radius 3 is 2.67 bits per heavy atom. The first-order valence-corrected chi connectivity index (χ1v) is 12.0. The van der Waals surface area contributed by atoms with Gasteiger partial charge in [-0.1, -0.05) is 0 Å². The molecule has 0 amide bonds. The fourth-order valence-electron chi connectivity index (χ4n) is 5.57. The van der Waals surface area contributed by atoms with Gasteiger partial charge in [-0.25, -0.2) is 0 Å². The average molecular weight is 453 g/mol. The van der Waals surface area contributed by atoms with Gasteiger partial charge in [0.25, 0.3) is 0 Å². The van der Waals surface area contributed by atoms with Crippen molar-refractivity contribution in [2.75, 3.05) is 19.0 Å². The number of hydrogen-bond donors (Lipinski definition) is 3. The highest BCUT2D eigenvalue weighted by molar-refractivity contribution is 8.00. The second kappa shape index (κ2) is 9.23. The number of hydrogen-bond acceptors (Lipinski definition) is 7. The van der Waals surface area contributed by atoms with Crippen molar-refractivity contribution >= 4 is 17.5 Å². The second-order valence-electron chi connectivity index (χ2n) is 9.17. The van der Waals surface area contributed by atoms with Crippen molar-refractivity contribution in [1.29, 1.82) is 0 Å². The van der Waals surface area contributed by atoms with E-state index in [9.17, 15) is 28.3 Å². The Labute approximate surface area is 178 Å². The fourth-order valence-corrected chi connectivity index (χ4v) is 6.76. The van der Waals surface area contributed by atoms with E-state index < -0.39 is 36.3 Å². The Hall–Kier alpha value is -0.390.